The predicted octanol–water partition coefficient (Wildman–Crippen LogP) is 4.02. The molecule has 0 aromatic rings. The van der Waals surface area contributed by atoms with Gasteiger partial charge < -0.3 is 9.84 Å². The maximum Gasteiger partial charge on any atom is 0.305 e. The number of ketones is 2. The molecule has 0 heterocycles. The lowest BCUT2D eigenvalue weighted by Crippen LogP contribution is -2.28. The van der Waals surface area contributed by atoms with Gasteiger partial charge in [0.05, 0.1) is 13.2 Å². The van der Waals surface area contributed by atoms with Crippen molar-refractivity contribution in [2.75, 3.05) is 7.11 Å². The van der Waals surface area contributed by atoms with E-state index in [9.17, 15) is 28.3 Å². The number of carbonyl (C=O) groups is 3. The van der Waals surface area contributed by atoms with Crippen LogP contribution in [-0.4, -0.2) is 41.8 Å². The molecule has 7 heteroatoms. The molecule has 0 aromatic carbocycles. The third kappa shape index (κ3) is 7.78. The Morgan fingerprint density at radius 3 is 2.61 bits per heavy atom. The van der Waals surface area contributed by atoms with Crippen molar-refractivity contribution in [3.05, 3.63) is 12.2 Å². The van der Waals surface area contributed by atoms with Crippen LogP contribution in [0.25, 0.3) is 0 Å². The molecule has 1 N–H and O–H groups in total. The van der Waals surface area contributed by atoms with Crippen molar-refractivity contribution in [2.45, 2.75) is 83.2 Å². The van der Waals surface area contributed by atoms with Gasteiger partial charge in [0.2, 0.25) is 5.78 Å². The van der Waals surface area contributed by atoms with Crippen LogP contribution in [0, 0.1) is 11.8 Å². The Hall–Kier alpha value is -1.63. The molecular weight excluding hydrogens is 370 g/mol. The lowest BCUT2D eigenvalue weighted by Gasteiger charge is -2.20. The van der Waals surface area contributed by atoms with Crippen LogP contribution in [0.2, 0.25) is 0 Å². The molecule has 1 aliphatic carbocycles. The minimum Gasteiger partial charge on any atom is -0.469 e. The van der Waals surface area contributed by atoms with E-state index < -0.39 is 24.2 Å². The van der Waals surface area contributed by atoms with Gasteiger partial charge in [0.15, 0.2) is 0 Å². The van der Waals surface area contributed by atoms with Gasteiger partial charge in [-0.25, -0.2) is 0 Å². The summed E-state index contributed by atoms with van der Waals surface area (Å²) in [5.74, 6) is -5.29. The number of carbonyl (C=O) groups excluding carboxylic acids is 3. The summed E-state index contributed by atoms with van der Waals surface area (Å²) in [5.41, 5.74) is 0. The van der Waals surface area contributed by atoms with Gasteiger partial charge >= 0.3 is 11.9 Å². The molecule has 1 aliphatic rings. The summed E-state index contributed by atoms with van der Waals surface area (Å²) >= 11 is 0. The number of esters is 1. The number of allylic oxidation sites excluding steroid dienone is 2. The number of alkyl halides is 2. The quantitative estimate of drug-likeness (QED) is 0.286. The summed E-state index contributed by atoms with van der Waals surface area (Å²) < 4.78 is 31.7. The zero-order valence-electron chi connectivity index (χ0n) is 16.8. The first-order valence-electron chi connectivity index (χ1n) is 10.1. The van der Waals surface area contributed by atoms with Gasteiger partial charge in [-0.15, -0.1) is 0 Å². The standard InChI is InChI=1S/C21H32F2O5/c1-3-13-21(22,23)19(26)11-8-10-16-15(17(24)14-18(16)25)9-6-4-5-7-12-20(27)28-2/h4,6,15-16,18,25H,3,5,7-14H2,1-2H3/b6-4+/t15-,16-,18+/m1/s1. The fourth-order valence-electron chi connectivity index (χ4n) is 3.68. The molecule has 5 nitrogen and oxygen atoms in total. The Balaban J connectivity index is 2.45. The molecule has 3 atom stereocenters. The minimum absolute atomic E-state index is 0.0284. The van der Waals surface area contributed by atoms with E-state index in [-0.39, 0.29) is 49.3 Å². The fraction of sp³-hybridized carbons (Fsp3) is 0.762. The van der Waals surface area contributed by atoms with Gasteiger partial charge in [0, 0.05) is 31.6 Å². The van der Waals surface area contributed by atoms with E-state index in [1.54, 1.807) is 6.92 Å². The Bertz CT molecular complexity index is 559. The number of methoxy groups -OCH3 is 1. The number of aliphatic hydroxyl groups excluding tert-OH is 1. The number of halogens is 2. The highest BCUT2D eigenvalue weighted by Gasteiger charge is 2.41. The summed E-state index contributed by atoms with van der Waals surface area (Å²) in [4.78, 5) is 34.8. The van der Waals surface area contributed by atoms with Crippen molar-refractivity contribution in [3.63, 3.8) is 0 Å². The summed E-state index contributed by atoms with van der Waals surface area (Å²) in [6.07, 6.45) is 5.38. The number of aliphatic hydroxyl groups is 1. The van der Waals surface area contributed by atoms with Gasteiger partial charge in [-0.3, -0.25) is 14.4 Å². The Labute approximate surface area is 165 Å². The minimum atomic E-state index is -3.29. The molecule has 0 bridgehead atoms. The third-order valence-electron chi connectivity index (χ3n) is 5.28. The number of hydrogen-bond acceptors (Lipinski definition) is 5. The molecule has 0 radical (unpaired) electrons. The fourth-order valence-corrected chi connectivity index (χ4v) is 3.68. The van der Waals surface area contributed by atoms with Gasteiger partial charge in [-0.2, -0.15) is 8.78 Å². The Morgan fingerprint density at radius 1 is 1.25 bits per heavy atom. The maximum atomic E-state index is 13.6. The molecule has 0 amide bonds. The predicted molar refractivity (Wildman–Crippen MR) is 101 cm³/mol. The lowest BCUT2D eigenvalue weighted by atomic mass is 9.86. The number of ether oxygens (including phenoxy) is 1. The molecule has 1 fully saturated rings. The number of hydrogen-bond donors (Lipinski definition) is 1. The molecule has 1 rings (SSSR count). The second kappa shape index (κ2) is 12.0. The van der Waals surface area contributed by atoms with E-state index >= 15 is 0 Å². The molecule has 28 heavy (non-hydrogen) atoms. The topological polar surface area (TPSA) is 80.7 Å². The van der Waals surface area contributed by atoms with Crippen molar-refractivity contribution >= 4 is 17.5 Å². The molecule has 0 aromatic heterocycles. The number of unbranched alkanes of at least 4 members (excludes halogenated alkanes) is 1. The average Bonchev–Trinajstić information content (AvgIpc) is 2.90. The first kappa shape index (κ1) is 24.4. The molecule has 1 saturated carbocycles. The highest BCUT2D eigenvalue weighted by molar-refractivity contribution is 5.85. The zero-order chi connectivity index (χ0) is 21.2. The van der Waals surface area contributed by atoms with Crippen LogP contribution in [-0.2, 0) is 19.1 Å². The lowest BCUT2D eigenvalue weighted by molar-refractivity contribution is -0.144. The van der Waals surface area contributed by atoms with Crippen LogP contribution in [0.1, 0.15) is 71.1 Å². The van der Waals surface area contributed by atoms with E-state index in [1.165, 1.54) is 7.11 Å². The van der Waals surface area contributed by atoms with Gasteiger partial charge in [-0.05, 0) is 44.4 Å². The summed E-state index contributed by atoms with van der Waals surface area (Å²) in [6.45, 7) is 1.61. The largest absolute Gasteiger partial charge is 0.469 e. The second-order valence-corrected chi connectivity index (χ2v) is 7.45. The van der Waals surface area contributed by atoms with E-state index in [2.05, 4.69) is 4.74 Å². The highest BCUT2D eigenvalue weighted by Crippen LogP contribution is 2.36. The van der Waals surface area contributed by atoms with Gasteiger partial charge in [0.25, 0.3) is 0 Å². The first-order chi connectivity index (χ1) is 13.2. The molecule has 0 saturated heterocycles. The van der Waals surface area contributed by atoms with Crippen LogP contribution >= 0.6 is 0 Å². The van der Waals surface area contributed by atoms with Crippen LogP contribution in [0.3, 0.4) is 0 Å². The maximum absolute atomic E-state index is 13.6. The van der Waals surface area contributed by atoms with E-state index in [1.807, 2.05) is 12.2 Å². The van der Waals surface area contributed by atoms with Crippen LogP contribution in [0.15, 0.2) is 12.2 Å². The highest BCUT2D eigenvalue weighted by atomic mass is 19.3. The van der Waals surface area contributed by atoms with Gasteiger partial charge in [-0.1, -0.05) is 19.1 Å². The van der Waals surface area contributed by atoms with E-state index in [4.69, 9.17) is 0 Å². The zero-order valence-corrected chi connectivity index (χ0v) is 16.8. The number of Topliss-reactive ketones (excluding diaryl/α,β-unsaturated/α-hetero) is 2. The molecular formula is C21H32F2O5. The van der Waals surface area contributed by atoms with Crippen molar-refractivity contribution < 1.29 is 33.0 Å². The smallest absolute Gasteiger partial charge is 0.305 e. The number of rotatable bonds is 13. The average molecular weight is 402 g/mol. The molecule has 160 valence electrons. The van der Waals surface area contributed by atoms with Crippen molar-refractivity contribution in [1.82, 2.24) is 0 Å². The van der Waals surface area contributed by atoms with Crippen LogP contribution < -0.4 is 0 Å². The van der Waals surface area contributed by atoms with Crippen LogP contribution in [0.4, 0.5) is 8.78 Å². The molecule has 0 spiro atoms. The monoisotopic (exact) mass is 402 g/mol. The van der Waals surface area contributed by atoms with E-state index in [0.29, 0.717) is 32.1 Å². The second-order valence-electron chi connectivity index (χ2n) is 7.45. The Morgan fingerprint density at radius 2 is 1.96 bits per heavy atom. The van der Waals surface area contributed by atoms with Crippen LogP contribution in [0.5, 0.6) is 0 Å². The summed E-state index contributed by atoms with van der Waals surface area (Å²) in [7, 11) is 1.34. The van der Waals surface area contributed by atoms with Crippen molar-refractivity contribution in [1.29, 1.82) is 0 Å². The molecule has 0 unspecified atom stereocenters. The normalized spacial score (nSPS) is 22.8. The summed E-state index contributed by atoms with van der Waals surface area (Å²) in [6, 6.07) is 0. The van der Waals surface area contributed by atoms with E-state index in [0.717, 1.165) is 0 Å². The summed E-state index contributed by atoms with van der Waals surface area (Å²) in [5, 5.41) is 10.1. The molecule has 0 aliphatic heterocycles. The Kier molecular flexibility index (Phi) is 10.5. The van der Waals surface area contributed by atoms with Crippen molar-refractivity contribution in [2.24, 2.45) is 11.8 Å². The van der Waals surface area contributed by atoms with Crippen molar-refractivity contribution in [3.8, 4) is 0 Å². The first-order valence-corrected chi connectivity index (χ1v) is 10.1. The van der Waals surface area contributed by atoms with Gasteiger partial charge in [0.1, 0.15) is 5.78 Å². The third-order valence-corrected chi connectivity index (χ3v) is 5.28. The SMILES string of the molecule is CCCC(F)(F)C(=O)CCC[C@H]1[C@@H](O)CC(=O)[C@@H]1C/C=C/CCCC(=O)OC.